The predicted molar refractivity (Wildman–Crippen MR) is 117 cm³/mol. The van der Waals surface area contributed by atoms with Crippen molar-refractivity contribution in [1.82, 2.24) is 15.1 Å². The first-order valence-corrected chi connectivity index (χ1v) is 11.8. The average Bonchev–Trinajstić information content (AvgIpc) is 2.73. The van der Waals surface area contributed by atoms with Gasteiger partial charge in [0, 0.05) is 25.0 Å². The Hall–Kier alpha value is -1.88. The highest BCUT2D eigenvalue weighted by atomic mass is 16.2. The molecule has 1 heterocycles. The Bertz CT molecular complexity index is 773. The van der Waals surface area contributed by atoms with E-state index in [1.807, 2.05) is 30.0 Å². The Balaban J connectivity index is 1.29. The summed E-state index contributed by atoms with van der Waals surface area (Å²) < 4.78 is 0. The molecule has 1 N–H and O–H groups in total. The van der Waals surface area contributed by atoms with Gasteiger partial charge in [-0.25, -0.2) is 0 Å². The van der Waals surface area contributed by atoms with E-state index in [-0.39, 0.29) is 23.3 Å². The van der Waals surface area contributed by atoms with E-state index in [1.165, 1.54) is 19.3 Å². The number of hydrogen-bond donors (Lipinski definition) is 1. The Morgan fingerprint density at radius 2 is 1.60 bits per heavy atom. The number of carbonyl (C=O) groups is 2. The van der Waals surface area contributed by atoms with Gasteiger partial charge in [0.2, 0.25) is 11.8 Å². The Morgan fingerprint density at radius 1 is 1.00 bits per heavy atom. The Kier molecular flexibility index (Phi) is 5.12. The molecule has 6 rings (SSSR count). The van der Waals surface area contributed by atoms with Crippen molar-refractivity contribution >= 4 is 11.8 Å². The summed E-state index contributed by atoms with van der Waals surface area (Å²) in [7, 11) is 2.11. The molecule has 0 spiro atoms. The number of hydrogen-bond acceptors (Lipinski definition) is 3. The number of likely N-dealkylation sites (N-methyl/N-ethyl adjacent to an activating group) is 1. The van der Waals surface area contributed by atoms with Gasteiger partial charge in [0.1, 0.15) is 6.04 Å². The lowest BCUT2D eigenvalue weighted by Gasteiger charge is -2.55. The highest BCUT2D eigenvalue weighted by molar-refractivity contribution is 5.90. The Labute approximate surface area is 180 Å². The molecular formula is C25H35N3O2. The number of piperazine rings is 1. The normalized spacial score (nSPS) is 36.5. The van der Waals surface area contributed by atoms with Crippen molar-refractivity contribution in [3.05, 3.63) is 35.9 Å². The summed E-state index contributed by atoms with van der Waals surface area (Å²) in [4.78, 5) is 31.1. The van der Waals surface area contributed by atoms with Crippen LogP contribution in [0.15, 0.2) is 30.3 Å². The van der Waals surface area contributed by atoms with E-state index in [1.54, 1.807) is 0 Å². The first kappa shape index (κ1) is 20.0. The standard InChI is InChI=1S/C25H35N3O2/c1-17(26-24(30)25-13-18-10-19(14-25)12-20(11-18)15-25)23(29)28-9-8-27(2)16-22(28)21-6-4-3-5-7-21/h3-7,17-20,22H,8-16H2,1-2H3,(H,26,30)/t17-,18?,19?,20?,22+,25?/m1/s1. The van der Waals surface area contributed by atoms with Crippen LogP contribution >= 0.6 is 0 Å². The molecule has 4 bridgehead atoms. The van der Waals surface area contributed by atoms with Crippen LogP contribution in [0, 0.1) is 23.2 Å². The maximum Gasteiger partial charge on any atom is 0.245 e. The lowest BCUT2D eigenvalue weighted by molar-refractivity contribution is -0.150. The summed E-state index contributed by atoms with van der Waals surface area (Å²) in [5, 5.41) is 3.17. The van der Waals surface area contributed by atoms with Crippen LogP contribution < -0.4 is 5.32 Å². The van der Waals surface area contributed by atoms with E-state index in [0.29, 0.717) is 6.54 Å². The molecule has 1 aromatic carbocycles. The van der Waals surface area contributed by atoms with Crippen LogP contribution in [0.4, 0.5) is 0 Å². The number of nitrogens with zero attached hydrogens (tertiary/aromatic N) is 2. The van der Waals surface area contributed by atoms with E-state index in [4.69, 9.17) is 0 Å². The zero-order valence-corrected chi connectivity index (χ0v) is 18.3. The minimum Gasteiger partial charge on any atom is -0.344 e. The summed E-state index contributed by atoms with van der Waals surface area (Å²) in [5.41, 5.74) is 0.960. The second-order valence-electron chi connectivity index (χ2n) is 10.6. The number of amides is 2. The third kappa shape index (κ3) is 3.55. The van der Waals surface area contributed by atoms with Crippen molar-refractivity contribution in [1.29, 1.82) is 0 Å². The highest BCUT2D eigenvalue weighted by Gasteiger charge is 2.55. The molecule has 1 aromatic rings. The molecule has 5 nitrogen and oxygen atoms in total. The smallest absolute Gasteiger partial charge is 0.245 e. The number of carbonyl (C=O) groups excluding carboxylic acids is 2. The van der Waals surface area contributed by atoms with Gasteiger partial charge in [-0.05, 0) is 75.8 Å². The van der Waals surface area contributed by atoms with Crippen LogP contribution in [-0.4, -0.2) is 54.3 Å². The SMILES string of the molecule is C[C@@H](NC(=O)C12CC3CC(CC(C3)C1)C2)C(=O)N1CCN(C)C[C@H]1c1ccccc1. The summed E-state index contributed by atoms with van der Waals surface area (Å²) in [6.45, 7) is 4.27. The molecule has 1 saturated heterocycles. The first-order chi connectivity index (χ1) is 14.4. The minimum atomic E-state index is -0.472. The second-order valence-corrected chi connectivity index (χ2v) is 10.6. The monoisotopic (exact) mass is 409 g/mol. The third-order valence-electron chi connectivity index (χ3n) is 8.29. The highest BCUT2D eigenvalue weighted by Crippen LogP contribution is 2.60. The molecule has 0 radical (unpaired) electrons. The average molecular weight is 410 g/mol. The molecule has 30 heavy (non-hydrogen) atoms. The van der Waals surface area contributed by atoms with Gasteiger partial charge in [-0.3, -0.25) is 9.59 Å². The van der Waals surface area contributed by atoms with Crippen LogP contribution in [0.25, 0.3) is 0 Å². The molecule has 4 saturated carbocycles. The van der Waals surface area contributed by atoms with Crippen molar-refractivity contribution in [3.63, 3.8) is 0 Å². The van der Waals surface area contributed by atoms with Gasteiger partial charge >= 0.3 is 0 Å². The molecule has 5 aliphatic rings. The molecule has 1 aliphatic heterocycles. The summed E-state index contributed by atoms with van der Waals surface area (Å²) in [5.74, 6) is 2.39. The quantitative estimate of drug-likeness (QED) is 0.831. The van der Waals surface area contributed by atoms with Gasteiger partial charge in [0.15, 0.2) is 0 Å². The maximum absolute atomic E-state index is 13.4. The van der Waals surface area contributed by atoms with E-state index < -0.39 is 6.04 Å². The fourth-order valence-corrected chi connectivity index (χ4v) is 7.19. The fourth-order valence-electron chi connectivity index (χ4n) is 7.19. The number of benzene rings is 1. The summed E-state index contributed by atoms with van der Waals surface area (Å²) in [6.07, 6.45) is 7.07. The van der Waals surface area contributed by atoms with Crippen molar-refractivity contribution in [2.45, 2.75) is 57.5 Å². The van der Waals surface area contributed by atoms with Crippen molar-refractivity contribution in [3.8, 4) is 0 Å². The molecule has 4 aliphatic carbocycles. The van der Waals surface area contributed by atoms with Gasteiger partial charge in [-0.15, -0.1) is 0 Å². The lowest BCUT2D eigenvalue weighted by atomic mass is 9.49. The van der Waals surface area contributed by atoms with Crippen molar-refractivity contribution in [2.24, 2.45) is 23.2 Å². The van der Waals surface area contributed by atoms with Gasteiger partial charge in [-0.1, -0.05) is 30.3 Å². The minimum absolute atomic E-state index is 0.0383. The van der Waals surface area contributed by atoms with E-state index in [9.17, 15) is 9.59 Å². The maximum atomic E-state index is 13.4. The van der Waals surface area contributed by atoms with Crippen LogP contribution in [0.5, 0.6) is 0 Å². The van der Waals surface area contributed by atoms with Crippen LogP contribution in [-0.2, 0) is 9.59 Å². The van der Waals surface area contributed by atoms with Gasteiger partial charge in [0.05, 0.1) is 6.04 Å². The van der Waals surface area contributed by atoms with Crippen molar-refractivity contribution in [2.75, 3.05) is 26.7 Å². The zero-order chi connectivity index (χ0) is 20.9. The predicted octanol–water partition coefficient (Wildman–Crippen LogP) is 3.22. The molecule has 5 heteroatoms. The van der Waals surface area contributed by atoms with E-state index in [2.05, 4.69) is 29.4 Å². The topological polar surface area (TPSA) is 52.7 Å². The zero-order valence-electron chi connectivity index (χ0n) is 18.3. The van der Waals surface area contributed by atoms with Crippen LogP contribution in [0.3, 0.4) is 0 Å². The Morgan fingerprint density at radius 3 is 2.20 bits per heavy atom. The second kappa shape index (κ2) is 7.67. The van der Waals surface area contributed by atoms with Crippen LogP contribution in [0.2, 0.25) is 0 Å². The molecule has 2 amide bonds. The van der Waals surface area contributed by atoms with Crippen molar-refractivity contribution < 1.29 is 9.59 Å². The molecule has 5 fully saturated rings. The molecule has 0 unspecified atom stereocenters. The molecule has 0 aromatic heterocycles. The summed E-state index contributed by atoms with van der Waals surface area (Å²) in [6, 6.07) is 9.84. The number of nitrogens with one attached hydrogen (secondary N) is 1. The van der Waals surface area contributed by atoms with Gasteiger partial charge in [-0.2, -0.15) is 0 Å². The lowest BCUT2D eigenvalue weighted by Crippen LogP contribution is -2.58. The first-order valence-electron chi connectivity index (χ1n) is 11.8. The molecular weight excluding hydrogens is 374 g/mol. The fraction of sp³-hybridized carbons (Fsp3) is 0.680. The van der Waals surface area contributed by atoms with E-state index >= 15 is 0 Å². The number of rotatable bonds is 4. The van der Waals surface area contributed by atoms with E-state index in [0.717, 1.165) is 55.7 Å². The van der Waals surface area contributed by atoms with Gasteiger partial charge in [0.25, 0.3) is 0 Å². The molecule has 162 valence electrons. The molecule has 2 atom stereocenters. The third-order valence-corrected chi connectivity index (χ3v) is 8.29. The van der Waals surface area contributed by atoms with Crippen LogP contribution in [0.1, 0.15) is 57.1 Å². The largest absolute Gasteiger partial charge is 0.344 e. The van der Waals surface area contributed by atoms with Gasteiger partial charge < -0.3 is 15.1 Å². The summed E-state index contributed by atoms with van der Waals surface area (Å²) >= 11 is 0.